The Bertz CT molecular complexity index is 231. The highest BCUT2D eigenvalue weighted by atomic mass is 15.4. The van der Waals surface area contributed by atoms with Gasteiger partial charge in [0.2, 0.25) is 0 Å². The molecule has 0 amide bonds. The first kappa shape index (κ1) is 7.73. The van der Waals surface area contributed by atoms with Gasteiger partial charge in [-0.05, 0) is 25.3 Å². The molecule has 0 saturated heterocycles. The lowest BCUT2D eigenvalue weighted by Crippen LogP contribution is -2.22. The van der Waals surface area contributed by atoms with E-state index in [-0.39, 0.29) is 0 Å². The van der Waals surface area contributed by atoms with Crippen molar-refractivity contribution in [3.63, 3.8) is 0 Å². The number of nitrogens with zero attached hydrogens (tertiary/aromatic N) is 3. The van der Waals surface area contributed by atoms with Gasteiger partial charge in [-0.3, -0.25) is 0 Å². The van der Waals surface area contributed by atoms with Crippen LogP contribution in [0, 0.1) is 5.92 Å². The van der Waals surface area contributed by atoms with Crippen LogP contribution in [0.3, 0.4) is 0 Å². The largest absolute Gasteiger partial charge is 0.330 e. The molecule has 1 fully saturated rings. The van der Waals surface area contributed by atoms with E-state index in [1.54, 1.807) is 6.20 Å². The molecule has 66 valence electrons. The Balaban J connectivity index is 2.13. The molecule has 1 aromatic heterocycles. The first-order chi connectivity index (χ1) is 5.92. The molecule has 4 heteroatoms. The SMILES string of the molecule is NCC1CCCC1n1ccnn1. The zero-order chi connectivity index (χ0) is 8.39. The second kappa shape index (κ2) is 3.23. The molecule has 0 spiro atoms. The minimum Gasteiger partial charge on any atom is -0.330 e. The van der Waals surface area contributed by atoms with Crippen LogP contribution in [0.2, 0.25) is 0 Å². The van der Waals surface area contributed by atoms with Crippen molar-refractivity contribution >= 4 is 0 Å². The van der Waals surface area contributed by atoms with Crippen LogP contribution in [0.25, 0.3) is 0 Å². The standard InChI is InChI=1S/C8H14N4/c9-6-7-2-1-3-8(7)12-5-4-10-11-12/h4-5,7-8H,1-3,6,9H2. The molecular formula is C8H14N4. The van der Waals surface area contributed by atoms with Gasteiger partial charge in [-0.1, -0.05) is 11.6 Å². The maximum Gasteiger partial charge on any atom is 0.0693 e. The fourth-order valence-electron chi connectivity index (χ4n) is 2.03. The summed E-state index contributed by atoms with van der Waals surface area (Å²) in [7, 11) is 0. The first-order valence-electron chi connectivity index (χ1n) is 4.47. The predicted octanol–water partition coefficient (Wildman–Crippen LogP) is 0.578. The Morgan fingerprint density at radius 3 is 3.08 bits per heavy atom. The molecule has 2 N–H and O–H groups in total. The number of aromatic nitrogens is 3. The van der Waals surface area contributed by atoms with Crippen LogP contribution in [0.4, 0.5) is 0 Å². The van der Waals surface area contributed by atoms with Gasteiger partial charge >= 0.3 is 0 Å². The van der Waals surface area contributed by atoms with Gasteiger partial charge in [-0.25, -0.2) is 4.68 Å². The third-order valence-corrected chi connectivity index (χ3v) is 2.70. The van der Waals surface area contributed by atoms with E-state index in [0.29, 0.717) is 12.0 Å². The lowest BCUT2D eigenvalue weighted by molar-refractivity contribution is 0.351. The van der Waals surface area contributed by atoms with E-state index < -0.39 is 0 Å². The van der Waals surface area contributed by atoms with Gasteiger partial charge in [0.25, 0.3) is 0 Å². The molecule has 1 saturated carbocycles. The average Bonchev–Trinajstić information content (AvgIpc) is 2.74. The van der Waals surface area contributed by atoms with Crippen molar-refractivity contribution < 1.29 is 0 Å². The summed E-state index contributed by atoms with van der Waals surface area (Å²) in [6.45, 7) is 0.768. The molecule has 4 nitrogen and oxygen atoms in total. The van der Waals surface area contributed by atoms with E-state index in [9.17, 15) is 0 Å². The van der Waals surface area contributed by atoms with Gasteiger partial charge in [0.15, 0.2) is 0 Å². The lowest BCUT2D eigenvalue weighted by atomic mass is 10.0. The molecule has 0 aromatic carbocycles. The number of hydrogen-bond donors (Lipinski definition) is 1. The zero-order valence-electron chi connectivity index (χ0n) is 7.06. The van der Waals surface area contributed by atoms with Gasteiger partial charge < -0.3 is 5.73 Å². The summed E-state index contributed by atoms with van der Waals surface area (Å²) in [6, 6.07) is 0.498. The molecule has 2 unspecified atom stereocenters. The molecule has 1 aliphatic carbocycles. The number of nitrogens with two attached hydrogens (primary N) is 1. The van der Waals surface area contributed by atoms with E-state index in [1.165, 1.54) is 19.3 Å². The van der Waals surface area contributed by atoms with Crippen LogP contribution in [0.1, 0.15) is 25.3 Å². The van der Waals surface area contributed by atoms with Crippen molar-refractivity contribution in [2.45, 2.75) is 25.3 Å². The molecule has 1 aliphatic rings. The number of hydrogen-bond acceptors (Lipinski definition) is 3. The van der Waals surface area contributed by atoms with Crippen LogP contribution >= 0.6 is 0 Å². The van der Waals surface area contributed by atoms with E-state index in [1.807, 2.05) is 10.9 Å². The molecule has 1 aromatic rings. The van der Waals surface area contributed by atoms with Gasteiger partial charge in [0.05, 0.1) is 12.2 Å². The van der Waals surface area contributed by atoms with Gasteiger partial charge in [-0.15, -0.1) is 5.10 Å². The van der Waals surface area contributed by atoms with Gasteiger partial charge in [0.1, 0.15) is 0 Å². The summed E-state index contributed by atoms with van der Waals surface area (Å²) in [5.74, 6) is 0.603. The summed E-state index contributed by atoms with van der Waals surface area (Å²) in [4.78, 5) is 0. The third kappa shape index (κ3) is 1.22. The summed E-state index contributed by atoms with van der Waals surface area (Å²) in [5.41, 5.74) is 5.67. The van der Waals surface area contributed by atoms with Crippen LogP contribution in [0.5, 0.6) is 0 Å². The third-order valence-electron chi connectivity index (χ3n) is 2.70. The van der Waals surface area contributed by atoms with Crippen LogP contribution in [0.15, 0.2) is 12.4 Å². The maximum absolute atomic E-state index is 5.67. The number of rotatable bonds is 2. The summed E-state index contributed by atoms with van der Waals surface area (Å²) in [6.07, 6.45) is 7.36. The summed E-state index contributed by atoms with van der Waals surface area (Å²) >= 11 is 0. The van der Waals surface area contributed by atoms with Crippen molar-refractivity contribution in [1.82, 2.24) is 15.0 Å². The smallest absolute Gasteiger partial charge is 0.0693 e. The van der Waals surface area contributed by atoms with Crippen molar-refractivity contribution in [3.05, 3.63) is 12.4 Å². The molecule has 1 heterocycles. The zero-order valence-corrected chi connectivity index (χ0v) is 7.06. The van der Waals surface area contributed by atoms with Gasteiger partial charge in [0, 0.05) is 6.20 Å². The monoisotopic (exact) mass is 166 g/mol. The molecule has 2 rings (SSSR count). The van der Waals surface area contributed by atoms with Crippen LogP contribution < -0.4 is 5.73 Å². The Morgan fingerprint density at radius 2 is 2.42 bits per heavy atom. The van der Waals surface area contributed by atoms with E-state index in [0.717, 1.165) is 6.54 Å². The minimum atomic E-state index is 0.498. The summed E-state index contributed by atoms with van der Waals surface area (Å²) in [5, 5.41) is 7.82. The molecular weight excluding hydrogens is 152 g/mol. The molecule has 0 aliphatic heterocycles. The normalized spacial score (nSPS) is 29.4. The molecule has 2 atom stereocenters. The van der Waals surface area contributed by atoms with Crippen LogP contribution in [-0.4, -0.2) is 21.5 Å². The fourth-order valence-corrected chi connectivity index (χ4v) is 2.03. The highest BCUT2D eigenvalue weighted by Gasteiger charge is 2.27. The fraction of sp³-hybridized carbons (Fsp3) is 0.750. The topological polar surface area (TPSA) is 56.7 Å². The lowest BCUT2D eigenvalue weighted by Gasteiger charge is -2.16. The van der Waals surface area contributed by atoms with E-state index in [2.05, 4.69) is 10.3 Å². The Hall–Kier alpha value is -0.900. The Labute approximate surface area is 71.8 Å². The molecule has 0 radical (unpaired) electrons. The molecule has 12 heavy (non-hydrogen) atoms. The van der Waals surface area contributed by atoms with Crippen molar-refractivity contribution in [3.8, 4) is 0 Å². The second-order valence-electron chi connectivity index (χ2n) is 3.38. The van der Waals surface area contributed by atoms with Crippen molar-refractivity contribution in [2.24, 2.45) is 11.7 Å². The van der Waals surface area contributed by atoms with E-state index >= 15 is 0 Å². The highest BCUT2D eigenvalue weighted by molar-refractivity contribution is 4.83. The van der Waals surface area contributed by atoms with Crippen molar-refractivity contribution in [1.29, 1.82) is 0 Å². The summed E-state index contributed by atoms with van der Waals surface area (Å²) < 4.78 is 1.95. The molecule has 0 bridgehead atoms. The maximum atomic E-state index is 5.67. The Morgan fingerprint density at radius 1 is 1.50 bits per heavy atom. The Kier molecular flexibility index (Phi) is 2.08. The minimum absolute atomic E-state index is 0.498. The van der Waals surface area contributed by atoms with E-state index in [4.69, 9.17) is 5.73 Å². The quantitative estimate of drug-likeness (QED) is 0.699. The average molecular weight is 166 g/mol. The van der Waals surface area contributed by atoms with Crippen LogP contribution in [-0.2, 0) is 0 Å². The van der Waals surface area contributed by atoms with Crippen molar-refractivity contribution in [2.75, 3.05) is 6.54 Å². The highest BCUT2D eigenvalue weighted by Crippen LogP contribution is 2.33. The first-order valence-corrected chi connectivity index (χ1v) is 4.47. The predicted molar refractivity (Wildman–Crippen MR) is 45.5 cm³/mol. The van der Waals surface area contributed by atoms with Gasteiger partial charge in [-0.2, -0.15) is 0 Å². The second-order valence-corrected chi connectivity index (χ2v) is 3.38.